The number of anilines is 3. The molecule has 2 aliphatic heterocycles. The molecule has 0 N–H and O–H groups in total. The van der Waals surface area contributed by atoms with E-state index in [0.717, 1.165) is 11.3 Å². The van der Waals surface area contributed by atoms with Crippen LogP contribution in [0.1, 0.15) is 52.7 Å². The maximum atomic E-state index is 2.76. The number of thiophene rings is 1. The zero-order chi connectivity index (χ0) is 61.5. The minimum absolute atomic E-state index is 0.0370. The summed E-state index contributed by atoms with van der Waals surface area (Å²) in [6, 6.07) is 105. The lowest BCUT2D eigenvalue weighted by Gasteiger charge is -2.40. The highest BCUT2D eigenvalue weighted by Gasteiger charge is 2.46. The van der Waals surface area contributed by atoms with E-state index >= 15 is 0 Å². The van der Waals surface area contributed by atoms with E-state index in [4.69, 9.17) is 0 Å². The largest absolute Gasteiger partial charge is 0.310 e. The Hall–Kier alpha value is -10.5. The summed E-state index contributed by atoms with van der Waals surface area (Å²) in [4.78, 5) is 2.70. The van der Waals surface area contributed by atoms with E-state index < -0.39 is 0 Å². The number of aromatic nitrogens is 1. The quantitative estimate of drug-likeness (QED) is 0.123. The summed E-state index contributed by atoms with van der Waals surface area (Å²) in [5.74, 6) is 0. The lowest BCUT2D eigenvalue weighted by atomic mass is 9.36. The monoisotopic (exact) mass is 1190 g/mol. The van der Waals surface area contributed by atoms with Crippen molar-refractivity contribution < 1.29 is 0 Å². The van der Waals surface area contributed by atoms with Crippen molar-refractivity contribution in [2.45, 2.75) is 52.4 Å². The molecule has 0 atom stereocenters. The molecule has 19 rings (SSSR count). The number of hydrogen-bond acceptors (Lipinski definition) is 2. The number of benzene rings is 15. The number of hydrogen-bond donors (Lipinski definition) is 0. The summed E-state index contributed by atoms with van der Waals surface area (Å²) in [6.07, 6.45) is 0. The van der Waals surface area contributed by atoms with Gasteiger partial charge in [0.2, 0.25) is 0 Å². The molecule has 434 valence electrons. The Labute approximate surface area is 540 Å². The molecule has 4 heteroatoms. The summed E-state index contributed by atoms with van der Waals surface area (Å²) in [6.45, 7) is 13.9. The SMILES string of the molecule is CC(C)(C)c1ccc(N2c3cc(-c4c(-c5ccccc5)cc(-c5ccccc5)cc4-c4ccccc4)cc4c3B(c3sc5ccc(C(C)(C)C)cc5c32)c2cc3c5ccccc5c5ccccc5c3c3c5c6c7ccccc7c7ccccc7c6ccc5n-4c23)cc1. The van der Waals surface area contributed by atoms with Crippen molar-refractivity contribution >= 4 is 147 Å². The van der Waals surface area contributed by atoms with Gasteiger partial charge in [-0.25, -0.2) is 0 Å². The van der Waals surface area contributed by atoms with Crippen LogP contribution in [0.2, 0.25) is 0 Å². The van der Waals surface area contributed by atoms with Crippen LogP contribution >= 0.6 is 11.3 Å². The number of rotatable bonds is 5. The Kier molecular flexibility index (Phi) is 11.3. The van der Waals surface area contributed by atoms with Gasteiger partial charge in [0, 0.05) is 53.5 Å². The van der Waals surface area contributed by atoms with E-state index in [1.807, 2.05) is 11.3 Å². The van der Waals surface area contributed by atoms with Crippen molar-refractivity contribution in [1.82, 2.24) is 4.57 Å². The second kappa shape index (κ2) is 19.5. The second-order valence-electron chi connectivity index (χ2n) is 27.8. The van der Waals surface area contributed by atoms with Gasteiger partial charge < -0.3 is 9.47 Å². The molecule has 0 aliphatic carbocycles. The molecule has 0 fully saturated rings. The summed E-state index contributed by atoms with van der Waals surface area (Å²) in [7, 11) is 0. The van der Waals surface area contributed by atoms with Gasteiger partial charge >= 0.3 is 0 Å². The van der Waals surface area contributed by atoms with E-state index in [-0.39, 0.29) is 17.5 Å². The normalized spacial score (nSPS) is 13.1. The molecule has 0 spiro atoms. The van der Waals surface area contributed by atoms with Gasteiger partial charge in [0.15, 0.2) is 0 Å². The van der Waals surface area contributed by atoms with E-state index in [9.17, 15) is 0 Å². The van der Waals surface area contributed by atoms with Crippen LogP contribution in [0, 0.1) is 0 Å². The molecular weight excluding hydrogens is 1130 g/mol. The molecule has 0 saturated carbocycles. The van der Waals surface area contributed by atoms with Gasteiger partial charge in [-0.3, -0.25) is 0 Å². The lowest BCUT2D eigenvalue weighted by molar-refractivity contribution is 0.590. The van der Waals surface area contributed by atoms with Crippen LogP contribution in [0.5, 0.6) is 0 Å². The highest BCUT2D eigenvalue weighted by molar-refractivity contribution is 7.33. The second-order valence-corrected chi connectivity index (χ2v) is 28.9. The predicted octanol–water partition coefficient (Wildman–Crippen LogP) is 22.8. The average molecular weight is 1190 g/mol. The van der Waals surface area contributed by atoms with Gasteiger partial charge in [0.1, 0.15) is 0 Å². The molecule has 0 unspecified atom stereocenters. The van der Waals surface area contributed by atoms with Crippen LogP contribution in [0.3, 0.4) is 0 Å². The van der Waals surface area contributed by atoms with Gasteiger partial charge in [0.05, 0.1) is 16.7 Å². The average Bonchev–Trinajstić information content (AvgIpc) is 1.44. The first-order valence-corrected chi connectivity index (χ1v) is 33.3. The van der Waals surface area contributed by atoms with Gasteiger partial charge in [0.25, 0.3) is 6.71 Å². The molecule has 15 aromatic carbocycles. The zero-order valence-electron chi connectivity index (χ0n) is 52.4. The fourth-order valence-electron chi connectivity index (χ4n) is 16.4. The third-order valence-corrected chi connectivity index (χ3v) is 21.8. The third-order valence-electron chi connectivity index (χ3n) is 20.6. The van der Waals surface area contributed by atoms with Gasteiger partial charge in [-0.1, -0.05) is 260 Å². The summed E-state index contributed by atoms with van der Waals surface area (Å²) >= 11 is 2.00. The first-order chi connectivity index (χ1) is 44.9. The topological polar surface area (TPSA) is 8.17 Å². The molecular formula is C88H63BN2S. The molecule has 2 aromatic heterocycles. The fraction of sp³-hybridized carbons (Fsp3) is 0.0909. The van der Waals surface area contributed by atoms with Crippen molar-refractivity contribution in [1.29, 1.82) is 0 Å². The summed E-state index contributed by atoms with van der Waals surface area (Å²) in [5, 5.41) is 19.3. The van der Waals surface area contributed by atoms with Crippen molar-refractivity contribution in [2.75, 3.05) is 4.90 Å². The van der Waals surface area contributed by atoms with Crippen molar-refractivity contribution in [2.24, 2.45) is 0 Å². The standard InChI is InChI=1S/C88H63BN2S/c1-87(2,3)57-38-41-59(42-39-57)90-75-48-56(78-69(53-26-12-8-13-27-53)46-55(52-24-10-7-11-25-52)47-70(78)54-28-14-9-15-29-54)49-76-83(75)89(86-84(90)72-50-58(88(4,5)6)40-45-77(72)92-86)73-51-71-65-35-19-17-31-61(65)63-33-21-23-37-67(63)80(71)82-81-74(91(76)85(73)82)44-43-68-64-34-18-16-30-60(64)62-32-20-22-36-66(62)79(68)81/h7-51H,1-6H3. The number of fused-ring (bicyclic) bond motifs is 23. The Morgan fingerprint density at radius 3 is 1.36 bits per heavy atom. The molecule has 92 heavy (non-hydrogen) atoms. The molecule has 0 amide bonds. The van der Waals surface area contributed by atoms with Crippen LogP contribution in [0.4, 0.5) is 17.1 Å². The van der Waals surface area contributed by atoms with Gasteiger partial charge in [-0.2, -0.15) is 0 Å². The van der Waals surface area contributed by atoms with Crippen molar-refractivity contribution in [3.8, 4) is 50.2 Å². The Bertz CT molecular complexity index is 5910. The minimum atomic E-state index is -0.134. The van der Waals surface area contributed by atoms with E-state index in [0.29, 0.717) is 0 Å². The minimum Gasteiger partial charge on any atom is -0.310 e. The van der Waals surface area contributed by atoms with E-state index in [1.165, 1.54) is 179 Å². The Morgan fingerprint density at radius 2 is 0.804 bits per heavy atom. The zero-order valence-corrected chi connectivity index (χ0v) is 53.2. The highest BCUT2D eigenvalue weighted by atomic mass is 32.1. The fourth-order valence-corrected chi connectivity index (χ4v) is 17.7. The molecule has 4 heterocycles. The van der Waals surface area contributed by atoms with Crippen LogP contribution in [0.15, 0.2) is 273 Å². The molecule has 17 aromatic rings. The molecule has 0 saturated heterocycles. The Balaban J connectivity index is 1.07. The summed E-state index contributed by atoms with van der Waals surface area (Å²) in [5.41, 5.74) is 22.0. The molecule has 0 bridgehead atoms. The predicted molar refractivity (Wildman–Crippen MR) is 400 cm³/mol. The van der Waals surface area contributed by atoms with Crippen LogP contribution < -0.4 is 20.6 Å². The third kappa shape index (κ3) is 7.62. The molecule has 2 nitrogen and oxygen atoms in total. The van der Waals surface area contributed by atoms with E-state index in [2.05, 4.69) is 324 Å². The molecule has 2 aliphatic rings. The summed E-state index contributed by atoms with van der Waals surface area (Å²) < 4.78 is 5.43. The van der Waals surface area contributed by atoms with Crippen molar-refractivity contribution in [3.63, 3.8) is 0 Å². The van der Waals surface area contributed by atoms with Crippen LogP contribution in [-0.2, 0) is 10.8 Å². The first kappa shape index (κ1) is 53.3. The lowest BCUT2D eigenvalue weighted by Crippen LogP contribution is -2.59. The van der Waals surface area contributed by atoms with Crippen molar-refractivity contribution in [3.05, 3.63) is 284 Å². The van der Waals surface area contributed by atoms with Crippen LogP contribution in [0.25, 0.3) is 147 Å². The highest BCUT2D eigenvalue weighted by Crippen LogP contribution is 2.54. The molecule has 0 radical (unpaired) electrons. The van der Waals surface area contributed by atoms with Crippen LogP contribution in [-0.4, -0.2) is 11.3 Å². The van der Waals surface area contributed by atoms with Gasteiger partial charge in [-0.15, -0.1) is 11.3 Å². The first-order valence-electron chi connectivity index (χ1n) is 32.5. The number of nitrogens with zero attached hydrogens (tertiary/aromatic N) is 2. The maximum absolute atomic E-state index is 2.76. The smallest absolute Gasteiger partial charge is 0.264 e. The maximum Gasteiger partial charge on any atom is 0.264 e. The Morgan fingerprint density at radius 1 is 0.337 bits per heavy atom. The van der Waals surface area contributed by atoms with Gasteiger partial charge in [-0.05, 0) is 186 Å². The van der Waals surface area contributed by atoms with E-state index in [1.54, 1.807) is 0 Å².